The predicted octanol–water partition coefficient (Wildman–Crippen LogP) is 3.89. The third-order valence-electron chi connectivity index (χ3n) is 4.11. The maximum Gasteiger partial charge on any atom is 0.349 e. The van der Waals surface area contributed by atoms with Crippen molar-refractivity contribution in [3.05, 3.63) is 52.0 Å². The fraction of sp³-hybridized carbons (Fsp3) is 0.400. The summed E-state index contributed by atoms with van der Waals surface area (Å²) in [5.74, 6) is -1.66. The summed E-state index contributed by atoms with van der Waals surface area (Å²) in [5, 5.41) is 10.5. The first kappa shape index (κ1) is 22.9. The molecule has 0 aliphatic carbocycles. The second-order valence-electron chi connectivity index (χ2n) is 7.01. The van der Waals surface area contributed by atoms with E-state index >= 15 is 0 Å². The van der Waals surface area contributed by atoms with Gasteiger partial charge in [-0.25, -0.2) is 14.6 Å². The molecule has 0 aliphatic rings. The Hall–Kier alpha value is -2.38. The molecule has 29 heavy (non-hydrogen) atoms. The van der Waals surface area contributed by atoms with Crippen molar-refractivity contribution in [1.82, 2.24) is 9.55 Å². The van der Waals surface area contributed by atoms with Crippen molar-refractivity contribution in [3.8, 4) is 0 Å². The highest BCUT2D eigenvalue weighted by atomic mass is 35.5. The molecule has 2 rings (SSSR count). The molecule has 7 nitrogen and oxygen atoms in total. The molecule has 1 aromatic heterocycles. The Balaban J connectivity index is 2.29. The zero-order chi connectivity index (χ0) is 21.6. The largest absolute Gasteiger partial charge is 0.477 e. The highest BCUT2D eigenvalue weighted by Gasteiger charge is 2.24. The Bertz CT molecular complexity index is 889. The molecule has 0 unspecified atom stereocenters. The van der Waals surface area contributed by atoms with Crippen LogP contribution in [0.3, 0.4) is 0 Å². The lowest BCUT2D eigenvalue weighted by Gasteiger charge is -2.15. The van der Waals surface area contributed by atoms with Crippen LogP contribution in [0.15, 0.2) is 35.7 Å². The standard InChI is InChI=1S/C20H23Cl2N3O4/c1-12(2)4-17(19(26)27)24-18(20(28)29-3)8-16-9-23-11-25(16)10-13-5-14(21)7-15(22)6-13/h5-7,9,11-12,18H,4,8,10H2,1-3H3,(H,26,27)/b24-17+/t18-/m0/s1. The Morgan fingerprint density at radius 1 is 1.24 bits per heavy atom. The lowest BCUT2D eigenvalue weighted by Crippen LogP contribution is -2.28. The van der Waals surface area contributed by atoms with E-state index in [4.69, 9.17) is 27.9 Å². The van der Waals surface area contributed by atoms with Crippen LogP contribution in [-0.4, -0.2) is 45.5 Å². The van der Waals surface area contributed by atoms with E-state index < -0.39 is 18.0 Å². The van der Waals surface area contributed by atoms with E-state index in [-0.39, 0.29) is 24.5 Å². The van der Waals surface area contributed by atoms with Crippen LogP contribution in [0.5, 0.6) is 0 Å². The molecule has 1 N–H and O–H groups in total. The third-order valence-corrected chi connectivity index (χ3v) is 4.55. The molecule has 0 aliphatic heterocycles. The molecule has 1 heterocycles. The average molecular weight is 440 g/mol. The van der Waals surface area contributed by atoms with Gasteiger partial charge in [-0.05, 0) is 36.1 Å². The van der Waals surface area contributed by atoms with E-state index in [1.165, 1.54) is 7.11 Å². The number of nitrogens with zero attached hydrogens (tertiary/aromatic N) is 3. The maximum atomic E-state index is 12.3. The van der Waals surface area contributed by atoms with E-state index in [0.29, 0.717) is 22.3 Å². The summed E-state index contributed by atoms with van der Waals surface area (Å²) in [6.45, 7) is 4.21. The number of hydrogen-bond acceptors (Lipinski definition) is 5. The van der Waals surface area contributed by atoms with E-state index in [1.807, 2.05) is 18.4 Å². The molecule has 0 spiro atoms. The van der Waals surface area contributed by atoms with E-state index in [0.717, 1.165) is 5.56 Å². The SMILES string of the molecule is COC(=O)[C@H](Cc1cncn1Cc1cc(Cl)cc(Cl)c1)/N=C(\CC(C)C)C(=O)O. The number of imidazole rings is 1. The first-order chi connectivity index (χ1) is 13.7. The number of carbonyl (C=O) groups is 2. The molecule has 156 valence electrons. The molecule has 0 saturated carbocycles. The van der Waals surface area contributed by atoms with Gasteiger partial charge in [-0.2, -0.15) is 0 Å². The number of carboxylic acids is 1. The van der Waals surface area contributed by atoms with E-state index in [2.05, 4.69) is 9.98 Å². The van der Waals surface area contributed by atoms with Crippen LogP contribution in [-0.2, 0) is 27.3 Å². The molecule has 0 saturated heterocycles. The van der Waals surface area contributed by atoms with Crippen LogP contribution >= 0.6 is 23.2 Å². The number of esters is 1. The summed E-state index contributed by atoms with van der Waals surface area (Å²) < 4.78 is 6.66. The van der Waals surface area contributed by atoms with Gasteiger partial charge < -0.3 is 14.4 Å². The topological polar surface area (TPSA) is 93.8 Å². The quantitative estimate of drug-likeness (QED) is 0.472. The number of hydrogen-bond donors (Lipinski definition) is 1. The van der Waals surface area contributed by atoms with Crippen molar-refractivity contribution in [3.63, 3.8) is 0 Å². The van der Waals surface area contributed by atoms with Crippen molar-refractivity contribution in [1.29, 1.82) is 0 Å². The van der Waals surface area contributed by atoms with Gasteiger partial charge in [0.1, 0.15) is 5.71 Å². The average Bonchev–Trinajstić information content (AvgIpc) is 3.05. The Kier molecular flexibility index (Phi) is 8.22. The van der Waals surface area contributed by atoms with Gasteiger partial charge in [0.05, 0.1) is 13.4 Å². The lowest BCUT2D eigenvalue weighted by atomic mass is 10.1. The van der Waals surface area contributed by atoms with Gasteiger partial charge in [0.15, 0.2) is 6.04 Å². The monoisotopic (exact) mass is 439 g/mol. The Morgan fingerprint density at radius 3 is 2.45 bits per heavy atom. The van der Waals surface area contributed by atoms with E-state index in [9.17, 15) is 14.7 Å². The number of carboxylic acid groups (broad SMARTS) is 1. The molecule has 0 amide bonds. The van der Waals surface area contributed by atoms with Gasteiger partial charge in [0.2, 0.25) is 0 Å². The molecular weight excluding hydrogens is 417 g/mol. The minimum atomic E-state index is -1.14. The highest BCUT2D eigenvalue weighted by molar-refractivity contribution is 6.36. The normalized spacial score (nSPS) is 12.8. The minimum Gasteiger partial charge on any atom is -0.477 e. The van der Waals surface area contributed by atoms with Gasteiger partial charge in [-0.15, -0.1) is 0 Å². The number of carbonyl (C=O) groups excluding carboxylic acids is 1. The van der Waals surface area contributed by atoms with Crippen molar-refractivity contribution in [2.75, 3.05) is 7.11 Å². The molecular formula is C20H23Cl2N3O4. The van der Waals surface area contributed by atoms with Crippen LogP contribution in [0.2, 0.25) is 10.0 Å². The van der Waals surface area contributed by atoms with Crippen LogP contribution in [0, 0.1) is 5.92 Å². The van der Waals surface area contributed by atoms with Crippen molar-refractivity contribution in [2.45, 2.75) is 39.3 Å². The molecule has 0 bridgehead atoms. The summed E-state index contributed by atoms with van der Waals surface area (Å²) in [5.41, 5.74) is 1.52. The lowest BCUT2D eigenvalue weighted by molar-refractivity contribution is -0.142. The Morgan fingerprint density at radius 2 is 1.90 bits per heavy atom. The van der Waals surface area contributed by atoms with Crippen LogP contribution in [0.1, 0.15) is 31.5 Å². The summed E-state index contributed by atoms with van der Waals surface area (Å²) in [7, 11) is 1.25. The second kappa shape index (κ2) is 10.4. The van der Waals surface area contributed by atoms with Crippen molar-refractivity contribution in [2.24, 2.45) is 10.9 Å². The van der Waals surface area contributed by atoms with Crippen molar-refractivity contribution >= 4 is 40.9 Å². The van der Waals surface area contributed by atoms with Crippen LogP contribution < -0.4 is 0 Å². The zero-order valence-corrected chi connectivity index (χ0v) is 17.9. The molecule has 0 fully saturated rings. The van der Waals surface area contributed by atoms with Crippen LogP contribution in [0.25, 0.3) is 0 Å². The van der Waals surface area contributed by atoms with Crippen LogP contribution in [0.4, 0.5) is 0 Å². The predicted molar refractivity (Wildman–Crippen MR) is 112 cm³/mol. The van der Waals surface area contributed by atoms with Gasteiger partial charge in [0.25, 0.3) is 0 Å². The maximum absolute atomic E-state index is 12.3. The molecule has 0 radical (unpaired) electrons. The second-order valence-corrected chi connectivity index (χ2v) is 7.89. The summed E-state index contributed by atoms with van der Waals surface area (Å²) in [6.07, 6.45) is 3.63. The number of ether oxygens (including phenoxy) is 1. The molecule has 1 aromatic carbocycles. The smallest absolute Gasteiger partial charge is 0.349 e. The number of halogens is 2. The fourth-order valence-electron chi connectivity index (χ4n) is 2.85. The first-order valence-corrected chi connectivity index (χ1v) is 9.77. The third kappa shape index (κ3) is 6.87. The number of aliphatic carboxylic acids is 1. The Labute approximate surface area is 179 Å². The fourth-order valence-corrected chi connectivity index (χ4v) is 3.42. The number of rotatable bonds is 9. The van der Waals surface area contributed by atoms with Crippen molar-refractivity contribution < 1.29 is 19.4 Å². The summed E-state index contributed by atoms with van der Waals surface area (Å²) in [4.78, 5) is 32.1. The minimum absolute atomic E-state index is 0.0527. The van der Waals surface area contributed by atoms with E-state index in [1.54, 1.807) is 30.7 Å². The van der Waals surface area contributed by atoms with Gasteiger partial charge in [-0.1, -0.05) is 37.0 Å². The first-order valence-electron chi connectivity index (χ1n) is 9.01. The number of aliphatic imine (C=N–C) groups is 1. The highest BCUT2D eigenvalue weighted by Crippen LogP contribution is 2.20. The van der Waals surface area contributed by atoms with Gasteiger partial charge >= 0.3 is 11.9 Å². The molecule has 9 heteroatoms. The molecule has 2 aromatic rings. The zero-order valence-electron chi connectivity index (χ0n) is 16.4. The summed E-state index contributed by atoms with van der Waals surface area (Å²) >= 11 is 12.1. The van der Waals surface area contributed by atoms with Gasteiger partial charge in [0, 0.05) is 34.9 Å². The summed E-state index contributed by atoms with van der Waals surface area (Å²) in [6, 6.07) is 4.24. The number of aromatic nitrogens is 2. The molecule has 1 atom stereocenters. The van der Waals surface area contributed by atoms with Gasteiger partial charge in [-0.3, -0.25) is 4.99 Å². The number of methoxy groups -OCH3 is 1. The number of benzene rings is 1.